The Kier molecular flexibility index (Phi) is 5.93. The molecule has 0 aliphatic carbocycles. The monoisotopic (exact) mass is 481 g/mol. The van der Waals surface area contributed by atoms with Gasteiger partial charge >= 0.3 is 0 Å². The average molecular weight is 482 g/mol. The Bertz CT molecular complexity index is 1240. The minimum atomic E-state index is -0.0222. The van der Waals surface area contributed by atoms with Crippen LogP contribution in [0.3, 0.4) is 0 Å². The number of aryl methyl sites for hydroxylation is 1. The number of carbonyl (C=O) groups excluding carboxylic acids is 2. The highest BCUT2D eigenvalue weighted by Gasteiger charge is 2.43. The van der Waals surface area contributed by atoms with Crippen LogP contribution in [0.25, 0.3) is 11.0 Å². The Morgan fingerprint density at radius 3 is 2.53 bits per heavy atom. The number of amides is 2. The summed E-state index contributed by atoms with van der Waals surface area (Å²) in [7, 11) is 0. The highest BCUT2D eigenvalue weighted by atomic mass is 35.5. The molecule has 2 saturated heterocycles. The Morgan fingerprint density at radius 1 is 1.12 bits per heavy atom. The number of halogens is 1. The first-order chi connectivity index (χ1) is 16.3. The van der Waals surface area contributed by atoms with E-state index in [1.165, 1.54) is 0 Å². The molecule has 0 saturated carbocycles. The number of aromatic nitrogens is 3. The minimum Gasteiger partial charge on any atom is -0.483 e. The average Bonchev–Trinajstić information content (AvgIpc) is 3.52. The van der Waals surface area contributed by atoms with Gasteiger partial charge in [0.2, 0.25) is 0 Å². The van der Waals surface area contributed by atoms with Gasteiger partial charge in [-0.3, -0.25) is 14.7 Å². The number of ether oxygens (including phenoxy) is 1. The number of carbonyl (C=O) groups is 2. The van der Waals surface area contributed by atoms with Crippen LogP contribution in [-0.4, -0.2) is 69.8 Å². The van der Waals surface area contributed by atoms with Crippen LogP contribution < -0.4 is 4.74 Å². The van der Waals surface area contributed by atoms with E-state index in [1.807, 2.05) is 34.9 Å². The van der Waals surface area contributed by atoms with Gasteiger partial charge in [0.05, 0.1) is 5.52 Å². The second kappa shape index (κ2) is 8.91. The van der Waals surface area contributed by atoms with E-state index in [0.29, 0.717) is 48.0 Å². The van der Waals surface area contributed by atoms with Crippen LogP contribution in [0.2, 0.25) is 5.02 Å². The number of hydrogen-bond donors (Lipinski definition) is 1. The van der Waals surface area contributed by atoms with Gasteiger partial charge in [0.1, 0.15) is 11.3 Å². The van der Waals surface area contributed by atoms with Crippen molar-refractivity contribution in [3.05, 3.63) is 52.0 Å². The number of likely N-dealkylation sites (tertiary alicyclic amines) is 2. The fourth-order valence-electron chi connectivity index (χ4n) is 5.00. The highest BCUT2D eigenvalue weighted by molar-refractivity contribution is 6.31. The molecule has 34 heavy (non-hydrogen) atoms. The first-order valence-electron chi connectivity index (χ1n) is 11.6. The summed E-state index contributed by atoms with van der Waals surface area (Å²) in [6, 6.07) is 9.23. The Morgan fingerprint density at radius 2 is 1.82 bits per heavy atom. The van der Waals surface area contributed by atoms with Crippen LogP contribution in [0.4, 0.5) is 0 Å². The molecule has 2 fully saturated rings. The van der Waals surface area contributed by atoms with E-state index in [2.05, 4.69) is 29.3 Å². The maximum atomic E-state index is 13.0. The molecule has 0 spiro atoms. The number of H-pyrrole nitrogens is 1. The number of benzene rings is 2. The molecule has 2 aromatic carbocycles. The molecule has 2 atom stereocenters. The summed E-state index contributed by atoms with van der Waals surface area (Å²) >= 11 is 6.28. The number of fused-ring (bicyclic) bond motifs is 2. The maximum absolute atomic E-state index is 13.0. The molecule has 8 nitrogen and oxygen atoms in total. The molecule has 3 heterocycles. The Hall–Kier alpha value is -3.13. The number of hydrogen-bond acceptors (Lipinski definition) is 5. The van der Waals surface area contributed by atoms with E-state index >= 15 is 0 Å². The predicted molar refractivity (Wildman–Crippen MR) is 129 cm³/mol. The largest absolute Gasteiger partial charge is 0.483 e. The standard InChI is InChI=1S/C25H28ClN5O3/c1-14(2)19-8-20(26)15(3)6-23(19)34-13-24(32)30-9-17-11-31(12-18(17)10-30)25(33)16-4-5-21-22(7-16)28-29-27-21/h4-8,14,17-18H,9-13H2,1-3H3,(H,27,28,29). The van der Waals surface area contributed by atoms with Crippen molar-refractivity contribution in [2.24, 2.45) is 11.8 Å². The Labute approximate surface area is 203 Å². The van der Waals surface area contributed by atoms with Gasteiger partial charge in [-0.2, -0.15) is 0 Å². The molecule has 5 rings (SSSR count). The summed E-state index contributed by atoms with van der Waals surface area (Å²) in [5, 5.41) is 11.3. The van der Waals surface area contributed by atoms with Gasteiger partial charge < -0.3 is 14.5 Å². The van der Waals surface area contributed by atoms with Crippen molar-refractivity contribution in [3.63, 3.8) is 0 Å². The van der Waals surface area contributed by atoms with Crippen molar-refractivity contribution in [1.82, 2.24) is 25.2 Å². The molecule has 2 unspecified atom stereocenters. The van der Waals surface area contributed by atoms with E-state index in [9.17, 15) is 9.59 Å². The zero-order valence-electron chi connectivity index (χ0n) is 19.5. The van der Waals surface area contributed by atoms with E-state index in [1.54, 1.807) is 12.1 Å². The molecule has 1 N–H and O–H groups in total. The van der Waals surface area contributed by atoms with Crippen LogP contribution in [-0.2, 0) is 4.79 Å². The summed E-state index contributed by atoms with van der Waals surface area (Å²) in [6.45, 7) is 8.69. The van der Waals surface area contributed by atoms with Crippen LogP contribution in [0, 0.1) is 18.8 Å². The van der Waals surface area contributed by atoms with Gasteiger partial charge in [-0.05, 0) is 54.3 Å². The third kappa shape index (κ3) is 4.22. The summed E-state index contributed by atoms with van der Waals surface area (Å²) in [5.41, 5.74) is 4.03. The fourth-order valence-corrected chi connectivity index (χ4v) is 5.17. The minimum absolute atomic E-state index is 0.000155. The molecule has 178 valence electrons. The molecule has 0 radical (unpaired) electrons. The lowest BCUT2D eigenvalue weighted by Gasteiger charge is -2.22. The van der Waals surface area contributed by atoms with Gasteiger partial charge in [0.25, 0.3) is 11.8 Å². The number of nitrogens with zero attached hydrogens (tertiary/aromatic N) is 4. The lowest BCUT2D eigenvalue weighted by molar-refractivity contribution is -0.132. The van der Waals surface area contributed by atoms with Crippen molar-refractivity contribution < 1.29 is 14.3 Å². The molecule has 0 bridgehead atoms. The van der Waals surface area contributed by atoms with Crippen LogP contribution in [0.1, 0.15) is 41.3 Å². The third-order valence-electron chi connectivity index (χ3n) is 6.96. The van der Waals surface area contributed by atoms with Gasteiger partial charge in [-0.25, -0.2) is 0 Å². The molecular formula is C25H28ClN5O3. The highest BCUT2D eigenvalue weighted by Crippen LogP contribution is 2.34. The normalized spacial score (nSPS) is 19.8. The molecule has 2 aliphatic heterocycles. The maximum Gasteiger partial charge on any atom is 0.260 e. The topological polar surface area (TPSA) is 91.4 Å². The van der Waals surface area contributed by atoms with Gasteiger partial charge in [-0.15, -0.1) is 5.10 Å². The molecular weight excluding hydrogens is 454 g/mol. The number of aromatic amines is 1. The quantitative estimate of drug-likeness (QED) is 0.600. The molecule has 9 heteroatoms. The van der Waals surface area contributed by atoms with E-state index in [0.717, 1.165) is 16.6 Å². The smallest absolute Gasteiger partial charge is 0.260 e. The fraction of sp³-hybridized carbons (Fsp3) is 0.440. The summed E-state index contributed by atoms with van der Waals surface area (Å²) < 4.78 is 5.95. The second-order valence-corrected chi connectivity index (χ2v) is 10.1. The van der Waals surface area contributed by atoms with Crippen molar-refractivity contribution in [2.45, 2.75) is 26.7 Å². The second-order valence-electron chi connectivity index (χ2n) is 9.66. The first kappa shape index (κ1) is 22.7. The zero-order valence-corrected chi connectivity index (χ0v) is 20.3. The van der Waals surface area contributed by atoms with E-state index in [-0.39, 0.29) is 36.2 Å². The van der Waals surface area contributed by atoms with Crippen LogP contribution in [0.15, 0.2) is 30.3 Å². The molecule has 2 aliphatic rings. The third-order valence-corrected chi connectivity index (χ3v) is 7.37. The van der Waals surface area contributed by atoms with Crippen LogP contribution >= 0.6 is 11.6 Å². The van der Waals surface area contributed by atoms with Gasteiger partial charge in [-0.1, -0.05) is 30.7 Å². The summed E-state index contributed by atoms with van der Waals surface area (Å²) in [6.07, 6.45) is 0. The van der Waals surface area contributed by atoms with E-state index < -0.39 is 0 Å². The summed E-state index contributed by atoms with van der Waals surface area (Å²) in [5.74, 6) is 1.50. The van der Waals surface area contributed by atoms with Crippen molar-refractivity contribution >= 4 is 34.4 Å². The molecule has 2 amide bonds. The van der Waals surface area contributed by atoms with Crippen molar-refractivity contribution in [1.29, 1.82) is 0 Å². The Balaban J connectivity index is 1.18. The lowest BCUT2D eigenvalue weighted by atomic mass is 10.0. The number of rotatable bonds is 5. The lowest BCUT2D eigenvalue weighted by Crippen LogP contribution is -2.37. The zero-order chi connectivity index (χ0) is 24.0. The first-order valence-corrected chi connectivity index (χ1v) is 12.0. The van der Waals surface area contributed by atoms with Crippen molar-refractivity contribution in [2.75, 3.05) is 32.8 Å². The van der Waals surface area contributed by atoms with Gasteiger partial charge in [0, 0.05) is 48.6 Å². The molecule has 1 aromatic heterocycles. The van der Waals surface area contributed by atoms with Crippen molar-refractivity contribution in [3.8, 4) is 5.75 Å². The predicted octanol–water partition coefficient (Wildman–Crippen LogP) is 3.65. The van der Waals surface area contributed by atoms with Gasteiger partial charge in [0.15, 0.2) is 6.61 Å². The van der Waals surface area contributed by atoms with Crippen LogP contribution in [0.5, 0.6) is 5.75 Å². The molecule has 3 aromatic rings. The van der Waals surface area contributed by atoms with E-state index in [4.69, 9.17) is 16.3 Å². The summed E-state index contributed by atoms with van der Waals surface area (Å²) in [4.78, 5) is 29.7. The SMILES string of the molecule is Cc1cc(OCC(=O)N2CC3CN(C(=O)c4ccc5[nH]nnc5c4)CC3C2)c(C(C)C)cc1Cl. The number of nitrogens with one attached hydrogen (secondary N) is 1.